The molecule has 0 aromatic carbocycles. The first-order valence-electron chi connectivity index (χ1n) is 5.64. The van der Waals surface area contributed by atoms with Crippen molar-refractivity contribution in [3.8, 4) is 0 Å². The van der Waals surface area contributed by atoms with E-state index in [4.69, 9.17) is 5.73 Å². The molecule has 1 aromatic rings. The van der Waals surface area contributed by atoms with Crippen LogP contribution >= 0.6 is 12.2 Å². The van der Waals surface area contributed by atoms with Gasteiger partial charge in [0, 0.05) is 0 Å². The highest BCUT2D eigenvalue weighted by atomic mass is 32.1. The molecule has 4 nitrogen and oxygen atoms in total. The summed E-state index contributed by atoms with van der Waals surface area (Å²) in [6.45, 7) is 1.72. The van der Waals surface area contributed by atoms with E-state index >= 15 is 0 Å². The third-order valence-corrected chi connectivity index (χ3v) is 3.61. The second-order valence-corrected chi connectivity index (χ2v) is 4.96. The van der Waals surface area contributed by atoms with Crippen LogP contribution in [0, 0.1) is 5.92 Å². The highest BCUT2D eigenvalue weighted by Gasteiger charge is 2.42. The Kier molecular flexibility index (Phi) is 3.31. The first-order chi connectivity index (χ1) is 8.32. The van der Waals surface area contributed by atoms with Gasteiger partial charge in [-0.25, -0.2) is 4.68 Å². The zero-order chi connectivity index (χ0) is 13.5. The van der Waals surface area contributed by atoms with E-state index in [1.807, 2.05) is 0 Å². The summed E-state index contributed by atoms with van der Waals surface area (Å²) in [5.41, 5.74) is 3.89. The van der Waals surface area contributed by atoms with Crippen molar-refractivity contribution in [3.63, 3.8) is 0 Å². The normalized spacial score (nSPS) is 18.4. The minimum Gasteiger partial charge on any atom is -0.388 e. The van der Waals surface area contributed by atoms with Crippen LogP contribution in [0.25, 0.3) is 0 Å². The van der Waals surface area contributed by atoms with Gasteiger partial charge < -0.3 is 5.73 Å². The Labute approximate surface area is 107 Å². The Morgan fingerprint density at radius 2 is 2.11 bits per heavy atom. The van der Waals surface area contributed by atoms with Crippen LogP contribution in [0.1, 0.15) is 43.6 Å². The van der Waals surface area contributed by atoms with Crippen molar-refractivity contribution in [3.05, 3.63) is 11.4 Å². The number of hydrogen-bond acceptors (Lipinski definition) is 3. The van der Waals surface area contributed by atoms with Crippen molar-refractivity contribution in [2.24, 2.45) is 11.7 Å². The van der Waals surface area contributed by atoms with Crippen molar-refractivity contribution in [2.45, 2.75) is 38.4 Å². The van der Waals surface area contributed by atoms with Gasteiger partial charge in [0.15, 0.2) is 11.4 Å². The number of aromatic nitrogens is 3. The number of halogens is 3. The van der Waals surface area contributed by atoms with Crippen molar-refractivity contribution < 1.29 is 13.2 Å². The molecule has 1 atom stereocenters. The highest BCUT2D eigenvalue weighted by Crippen LogP contribution is 2.39. The van der Waals surface area contributed by atoms with Crippen LogP contribution in [0.15, 0.2) is 0 Å². The molecule has 18 heavy (non-hydrogen) atoms. The largest absolute Gasteiger partial charge is 0.435 e. The van der Waals surface area contributed by atoms with Crippen LogP contribution in [0.2, 0.25) is 0 Å². The molecule has 0 bridgehead atoms. The predicted octanol–water partition coefficient (Wildman–Crippen LogP) is 2.29. The third kappa shape index (κ3) is 2.21. The number of alkyl halides is 3. The van der Waals surface area contributed by atoms with Crippen molar-refractivity contribution in [1.29, 1.82) is 0 Å². The van der Waals surface area contributed by atoms with Crippen molar-refractivity contribution >= 4 is 17.2 Å². The molecule has 1 aliphatic carbocycles. The van der Waals surface area contributed by atoms with Crippen molar-refractivity contribution in [2.75, 3.05) is 0 Å². The summed E-state index contributed by atoms with van der Waals surface area (Å²) in [4.78, 5) is -0.380. The van der Waals surface area contributed by atoms with E-state index < -0.39 is 17.6 Å². The lowest BCUT2D eigenvalue weighted by atomic mass is 9.80. The first kappa shape index (κ1) is 13.3. The van der Waals surface area contributed by atoms with E-state index in [1.54, 1.807) is 6.92 Å². The van der Waals surface area contributed by atoms with Gasteiger partial charge in [0.25, 0.3) is 0 Å². The van der Waals surface area contributed by atoms with Crippen LogP contribution in [0.3, 0.4) is 0 Å². The van der Waals surface area contributed by atoms with Gasteiger partial charge in [-0.15, -0.1) is 5.10 Å². The molecule has 2 rings (SSSR count). The fraction of sp³-hybridized carbons (Fsp3) is 0.700. The molecule has 0 spiro atoms. The van der Waals surface area contributed by atoms with Gasteiger partial charge in [-0.05, 0) is 25.7 Å². The molecule has 2 N–H and O–H groups in total. The highest BCUT2D eigenvalue weighted by molar-refractivity contribution is 7.80. The van der Waals surface area contributed by atoms with E-state index in [-0.39, 0.29) is 16.9 Å². The molecule has 0 amide bonds. The first-order valence-corrected chi connectivity index (χ1v) is 6.05. The minimum absolute atomic E-state index is 0.215. The van der Waals surface area contributed by atoms with E-state index in [0.29, 0.717) is 0 Å². The van der Waals surface area contributed by atoms with E-state index in [2.05, 4.69) is 22.5 Å². The Morgan fingerprint density at radius 1 is 1.50 bits per heavy atom. The SMILES string of the molecule is CC(C1CCC1)n1nnc(C(N)=S)c1C(F)(F)F. The molecule has 1 unspecified atom stereocenters. The lowest BCUT2D eigenvalue weighted by Crippen LogP contribution is -2.28. The second kappa shape index (κ2) is 4.49. The third-order valence-electron chi connectivity index (χ3n) is 3.41. The zero-order valence-corrected chi connectivity index (χ0v) is 10.6. The van der Waals surface area contributed by atoms with Gasteiger partial charge in [0.2, 0.25) is 0 Å². The molecule has 100 valence electrons. The fourth-order valence-corrected chi connectivity index (χ4v) is 2.27. The Bertz CT molecular complexity index is 464. The molecule has 0 radical (unpaired) electrons. The summed E-state index contributed by atoms with van der Waals surface area (Å²) in [5.74, 6) is 0.215. The maximum absolute atomic E-state index is 13.0. The Balaban J connectivity index is 2.44. The summed E-state index contributed by atoms with van der Waals surface area (Å²) < 4.78 is 40.0. The van der Waals surface area contributed by atoms with E-state index in [9.17, 15) is 13.2 Å². The number of thiocarbonyl (C=S) groups is 1. The summed E-state index contributed by atoms with van der Waals surface area (Å²) in [6.07, 6.45) is -1.67. The predicted molar refractivity (Wildman–Crippen MR) is 63.0 cm³/mol. The average molecular weight is 278 g/mol. The monoisotopic (exact) mass is 278 g/mol. The lowest BCUT2D eigenvalue weighted by Gasteiger charge is -2.32. The number of rotatable bonds is 3. The van der Waals surface area contributed by atoms with E-state index in [1.165, 1.54) is 0 Å². The van der Waals surface area contributed by atoms with Crippen molar-refractivity contribution in [1.82, 2.24) is 15.0 Å². The molecule has 1 heterocycles. The van der Waals surface area contributed by atoms with Crippen LogP contribution in [-0.4, -0.2) is 20.0 Å². The molecule has 0 aliphatic heterocycles. The van der Waals surface area contributed by atoms with Crippen LogP contribution in [0.5, 0.6) is 0 Å². The number of nitrogens with zero attached hydrogens (tertiary/aromatic N) is 3. The fourth-order valence-electron chi connectivity index (χ4n) is 2.13. The molecular formula is C10H13F3N4S. The molecule has 8 heteroatoms. The lowest BCUT2D eigenvalue weighted by molar-refractivity contribution is -0.145. The van der Waals surface area contributed by atoms with Gasteiger partial charge in [-0.1, -0.05) is 23.9 Å². The molecule has 1 aliphatic rings. The summed E-state index contributed by atoms with van der Waals surface area (Å²) in [6, 6.07) is -0.342. The minimum atomic E-state index is -4.56. The standard InChI is InChI=1S/C10H13F3N4S/c1-5(6-3-2-4-6)17-8(10(11,12)13)7(9(14)18)15-16-17/h5-6H,2-4H2,1H3,(H2,14,18). The van der Waals surface area contributed by atoms with Gasteiger partial charge in [0.05, 0.1) is 6.04 Å². The quantitative estimate of drug-likeness (QED) is 0.862. The molecule has 1 aromatic heterocycles. The van der Waals surface area contributed by atoms with Crippen LogP contribution in [-0.2, 0) is 6.18 Å². The van der Waals surface area contributed by atoms with Crippen LogP contribution < -0.4 is 5.73 Å². The van der Waals surface area contributed by atoms with Crippen LogP contribution in [0.4, 0.5) is 13.2 Å². The number of nitrogens with two attached hydrogens (primary N) is 1. The topological polar surface area (TPSA) is 56.7 Å². The Morgan fingerprint density at radius 3 is 2.50 bits per heavy atom. The van der Waals surface area contributed by atoms with Gasteiger partial charge >= 0.3 is 6.18 Å². The maximum atomic E-state index is 13.0. The molecule has 0 saturated heterocycles. The average Bonchev–Trinajstić information content (AvgIpc) is 2.57. The number of hydrogen-bond donors (Lipinski definition) is 1. The van der Waals surface area contributed by atoms with Gasteiger partial charge in [-0.2, -0.15) is 13.2 Å². The summed E-state index contributed by atoms with van der Waals surface area (Å²) in [5, 5.41) is 7.06. The molecule has 1 saturated carbocycles. The summed E-state index contributed by atoms with van der Waals surface area (Å²) in [7, 11) is 0. The molecule has 1 fully saturated rings. The zero-order valence-electron chi connectivity index (χ0n) is 9.74. The van der Waals surface area contributed by atoms with E-state index in [0.717, 1.165) is 23.9 Å². The smallest absolute Gasteiger partial charge is 0.388 e. The molecular weight excluding hydrogens is 265 g/mol. The summed E-state index contributed by atoms with van der Waals surface area (Å²) >= 11 is 4.59. The van der Waals surface area contributed by atoms with Gasteiger partial charge in [0.1, 0.15) is 4.99 Å². The second-order valence-electron chi connectivity index (χ2n) is 4.52. The maximum Gasteiger partial charge on any atom is 0.435 e. The van der Waals surface area contributed by atoms with Gasteiger partial charge in [-0.3, -0.25) is 0 Å². The Hall–Kier alpha value is -1.18.